The first-order valence-electron chi connectivity index (χ1n) is 10.6. The van der Waals surface area contributed by atoms with E-state index in [-0.39, 0.29) is 10.6 Å². The molecule has 0 saturated carbocycles. The number of benzene rings is 2. The van der Waals surface area contributed by atoms with Crippen LogP contribution < -0.4 is 19.5 Å². The van der Waals surface area contributed by atoms with Crippen LogP contribution in [-0.2, 0) is 14.8 Å². The molecule has 1 aromatic heterocycles. The minimum absolute atomic E-state index is 0.0846. The van der Waals surface area contributed by atoms with Crippen LogP contribution in [0.2, 0.25) is 0 Å². The highest BCUT2D eigenvalue weighted by Crippen LogP contribution is 2.33. The van der Waals surface area contributed by atoms with Gasteiger partial charge in [0.05, 0.1) is 45.9 Å². The third kappa shape index (κ3) is 4.91. The van der Waals surface area contributed by atoms with Crippen LogP contribution in [0, 0.1) is 0 Å². The fourth-order valence-corrected chi connectivity index (χ4v) is 5.15. The van der Waals surface area contributed by atoms with Crippen LogP contribution in [0.3, 0.4) is 0 Å². The molecule has 11 heteroatoms. The van der Waals surface area contributed by atoms with Gasteiger partial charge in [-0.1, -0.05) is 0 Å². The van der Waals surface area contributed by atoms with Crippen molar-refractivity contribution in [2.75, 3.05) is 52.9 Å². The molecule has 0 amide bonds. The van der Waals surface area contributed by atoms with Crippen LogP contribution in [0.15, 0.2) is 53.4 Å². The SMILES string of the molecule is COc1ccc(Nc2ccc(-c3ccc(OC)c(S(=O)(=O)N4CCOCC4)c3)nn2)c(OC)c1. The molecule has 0 atom stereocenters. The van der Waals surface area contributed by atoms with Crippen molar-refractivity contribution < 1.29 is 27.4 Å². The number of hydrogen-bond acceptors (Lipinski definition) is 9. The molecule has 1 aliphatic heterocycles. The van der Waals surface area contributed by atoms with Gasteiger partial charge in [-0.05, 0) is 42.5 Å². The van der Waals surface area contributed by atoms with Gasteiger partial charge in [-0.25, -0.2) is 8.42 Å². The van der Waals surface area contributed by atoms with Crippen LogP contribution in [0.25, 0.3) is 11.3 Å². The zero-order chi connectivity index (χ0) is 24.1. The molecule has 1 saturated heterocycles. The van der Waals surface area contributed by atoms with E-state index < -0.39 is 10.0 Å². The summed E-state index contributed by atoms with van der Waals surface area (Å²) in [6.07, 6.45) is 0. The smallest absolute Gasteiger partial charge is 0.246 e. The second-order valence-electron chi connectivity index (χ2n) is 7.38. The van der Waals surface area contributed by atoms with Crippen molar-refractivity contribution in [1.82, 2.24) is 14.5 Å². The number of nitrogens with one attached hydrogen (secondary N) is 1. The first-order valence-corrected chi connectivity index (χ1v) is 12.0. The molecule has 0 unspecified atom stereocenters. The molecule has 1 N–H and O–H groups in total. The minimum atomic E-state index is -3.75. The number of nitrogens with zero attached hydrogens (tertiary/aromatic N) is 3. The Morgan fingerprint density at radius 2 is 1.65 bits per heavy atom. The van der Waals surface area contributed by atoms with Crippen molar-refractivity contribution in [3.8, 4) is 28.5 Å². The average molecular weight is 487 g/mol. The largest absolute Gasteiger partial charge is 0.497 e. The van der Waals surface area contributed by atoms with Gasteiger partial charge in [0.25, 0.3) is 0 Å². The van der Waals surface area contributed by atoms with Gasteiger partial charge < -0.3 is 24.3 Å². The van der Waals surface area contributed by atoms with E-state index in [1.807, 2.05) is 6.07 Å². The van der Waals surface area contributed by atoms with Gasteiger partial charge in [0.1, 0.15) is 22.1 Å². The number of rotatable bonds is 8. The van der Waals surface area contributed by atoms with Crippen molar-refractivity contribution in [2.45, 2.75) is 4.90 Å². The molecule has 2 heterocycles. The van der Waals surface area contributed by atoms with E-state index in [1.165, 1.54) is 11.4 Å². The molecule has 0 bridgehead atoms. The fraction of sp³-hybridized carbons (Fsp3) is 0.304. The topological polar surface area (TPSA) is 112 Å². The lowest BCUT2D eigenvalue weighted by atomic mass is 10.1. The van der Waals surface area contributed by atoms with E-state index in [1.54, 1.807) is 56.7 Å². The van der Waals surface area contributed by atoms with Crippen molar-refractivity contribution in [3.05, 3.63) is 48.5 Å². The van der Waals surface area contributed by atoms with Crippen molar-refractivity contribution in [1.29, 1.82) is 0 Å². The predicted octanol–water partition coefficient (Wildman–Crippen LogP) is 2.93. The third-order valence-electron chi connectivity index (χ3n) is 5.38. The molecule has 1 fully saturated rings. The van der Waals surface area contributed by atoms with E-state index in [0.717, 1.165) is 0 Å². The van der Waals surface area contributed by atoms with Gasteiger partial charge in [-0.2, -0.15) is 4.31 Å². The molecule has 2 aromatic carbocycles. The van der Waals surface area contributed by atoms with Crippen LogP contribution >= 0.6 is 0 Å². The van der Waals surface area contributed by atoms with Crippen molar-refractivity contribution in [2.24, 2.45) is 0 Å². The lowest BCUT2D eigenvalue weighted by Crippen LogP contribution is -2.40. The Morgan fingerprint density at radius 3 is 2.29 bits per heavy atom. The molecule has 3 aromatic rings. The zero-order valence-electron chi connectivity index (χ0n) is 19.1. The molecule has 0 radical (unpaired) electrons. The number of aromatic nitrogens is 2. The number of methoxy groups -OCH3 is 3. The molecular formula is C23H26N4O6S. The molecule has 34 heavy (non-hydrogen) atoms. The Bertz CT molecular complexity index is 1240. The van der Waals surface area contributed by atoms with Crippen LogP contribution in [-0.4, -0.2) is 70.6 Å². The van der Waals surface area contributed by atoms with Gasteiger partial charge in [0.15, 0.2) is 5.82 Å². The first-order chi connectivity index (χ1) is 16.5. The van der Waals surface area contributed by atoms with E-state index in [2.05, 4.69) is 15.5 Å². The number of hydrogen-bond donors (Lipinski definition) is 1. The third-order valence-corrected chi connectivity index (χ3v) is 7.30. The molecule has 4 rings (SSSR count). The second-order valence-corrected chi connectivity index (χ2v) is 9.28. The minimum Gasteiger partial charge on any atom is -0.497 e. The van der Waals surface area contributed by atoms with E-state index >= 15 is 0 Å². The number of morpholine rings is 1. The summed E-state index contributed by atoms with van der Waals surface area (Å²) in [7, 11) is 0.848. The maximum absolute atomic E-state index is 13.2. The molecule has 180 valence electrons. The average Bonchev–Trinajstić information content (AvgIpc) is 2.89. The molecule has 0 spiro atoms. The summed E-state index contributed by atoms with van der Waals surface area (Å²) in [6.45, 7) is 1.32. The Balaban J connectivity index is 1.60. The van der Waals surface area contributed by atoms with Crippen LogP contribution in [0.1, 0.15) is 0 Å². The lowest BCUT2D eigenvalue weighted by Gasteiger charge is -2.26. The summed E-state index contributed by atoms with van der Waals surface area (Å²) >= 11 is 0. The van der Waals surface area contributed by atoms with Crippen LogP contribution in [0.5, 0.6) is 17.2 Å². The highest BCUT2D eigenvalue weighted by Gasteiger charge is 2.29. The Morgan fingerprint density at radius 1 is 0.882 bits per heavy atom. The van der Waals surface area contributed by atoms with Crippen molar-refractivity contribution >= 4 is 21.5 Å². The monoisotopic (exact) mass is 486 g/mol. The summed E-state index contributed by atoms with van der Waals surface area (Å²) in [5, 5.41) is 11.7. The summed E-state index contributed by atoms with van der Waals surface area (Å²) < 4.78 is 49.1. The summed E-state index contributed by atoms with van der Waals surface area (Å²) in [5.74, 6) is 2.04. The van der Waals surface area contributed by atoms with Crippen molar-refractivity contribution in [3.63, 3.8) is 0 Å². The van der Waals surface area contributed by atoms with Gasteiger partial charge >= 0.3 is 0 Å². The quantitative estimate of drug-likeness (QED) is 0.513. The molecule has 1 aliphatic rings. The zero-order valence-corrected chi connectivity index (χ0v) is 20.0. The summed E-state index contributed by atoms with van der Waals surface area (Å²) in [6, 6.07) is 13.8. The lowest BCUT2D eigenvalue weighted by molar-refractivity contribution is 0.0729. The highest BCUT2D eigenvalue weighted by molar-refractivity contribution is 7.89. The van der Waals surface area contributed by atoms with E-state index in [9.17, 15) is 8.42 Å². The predicted molar refractivity (Wildman–Crippen MR) is 126 cm³/mol. The normalized spacial score (nSPS) is 14.4. The first kappa shape index (κ1) is 23.7. The van der Waals surface area contributed by atoms with Crippen LogP contribution in [0.4, 0.5) is 11.5 Å². The number of anilines is 2. The summed E-state index contributed by atoms with van der Waals surface area (Å²) in [5.41, 5.74) is 1.83. The number of ether oxygens (including phenoxy) is 4. The highest BCUT2D eigenvalue weighted by atomic mass is 32.2. The number of sulfonamides is 1. The van der Waals surface area contributed by atoms with E-state index in [4.69, 9.17) is 18.9 Å². The van der Waals surface area contributed by atoms with Gasteiger partial charge in [0.2, 0.25) is 10.0 Å². The maximum Gasteiger partial charge on any atom is 0.246 e. The second kappa shape index (κ2) is 10.2. The molecule has 0 aliphatic carbocycles. The molecular weight excluding hydrogens is 460 g/mol. The van der Waals surface area contributed by atoms with Gasteiger partial charge in [-0.3, -0.25) is 0 Å². The van der Waals surface area contributed by atoms with Gasteiger partial charge in [0, 0.05) is 24.7 Å². The Hall–Kier alpha value is -3.41. The standard InChI is InChI=1S/C23H26N4O6S/c1-30-17-5-6-19(21(15-17)32-3)24-23-9-7-18(25-26-23)16-4-8-20(31-2)22(14-16)34(28,29)27-10-12-33-13-11-27/h4-9,14-15H,10-13H2,1-3H3,(H,24,26). The Labute approximate surface area is 198 Å². The Kier molecular flexibility index (Phi) is 7.15. The maximum atomic E-state index is 13.2. The van der Waals surface area contributed by atoms with E-state index in [0.29, 0.717) is 60.6 Å². The fourth-order valence-electron chi connectivity index (χ4n) is 3.56. The molecule has 10 nitrogen and oxygen atoms in total. The summed E-state index contributed by atoms with van der Waals surface area (Å²) in [4.78, 5) is 0.0846. The van der Waals surface area contributed by atoms with Gasteiger partial charge in [-0.15, -0.1) is 10.2 Å².